The molecule has 0 aliphatic carbocycles. The second-order valence-electron chi connectivity index (χ2n) is 7.25. The number of urea groups is 1. The molecule has 3 heterocycles. The van der Waals surface area contributed by atoms with Gasteiger partial charge >= 0.3 is 6.03 Å². The third kappa shape index (κ3) is 4.83. The van der Waals surface area contributed by atoms with Gasteiger partial charge in [0.05, 0.1) is 30.2 Å². The molecule has 2 amide bonds. The average Bonchev–Trinajstić information content (AvgIpc) is 3.44. The lowest BCUT2D eigenvalue weighted by atomic mass is 10.1. The molecular weight excluding hydrogens is 394 g/mol. The van der Waals surface area contributed by atoms with E-state index >= 15 is 0 Å². The van der Waals surface area contributed by atoms with Crippen LogP contribution in [-0.4, -0.2) is 52.1 Å². The van der Waals surface area contributed by atoms with Gasteiger partial charge in [-0.15, -0.1) is 0 Å². The summed E-state index contributed by atoms with van der Waals surface area (Å²) in [6.45, 7) is 6.78. The summed E-state index contributed by atoms with van der Waals surface area (Å²) in [7, 11) is 0. The van der Waals surface area contributed by atoms with Gasteiger partial charge in [-0.3, -0.25) is 9.58 Å². The zero-order valence-electron chi connectivity index (χ0n) is 17.8. The van der Waals surface area contributed by atoms with E-state index in [1.54, 1.807) is 17.3 Å². The highest BCUT2D eigenvalue weighted by molar-refractivity contribution is 5.94. The van der Waals surface area contributed by atoms with Gasteiger partial charge in [-0.25, -0.2) is 14.8 Å². The number of nitrogens with one attached hydrogen (secondary N) is 2. The van der Waals surface area contributed by atoms with Crippen LogP contribution in [0.25, 0.3) is 11.3 Å². The van der Waals surface area contributed by atoms with E-state index in [1.807, 2.05) is 48.1 Å². The van der Waals surface area contributed by atoms with Gasteiger partial charge in [0.1, 0.15) is 0 Å². The zero-order chi connectivity index (χ0) is 21.6. The summed E-state index contributed by atoms with van der Waals surface area (Å²) in [6.07, 6.45) is 6.36. The number of nitrogens with zero attached hydrogens (tertiary/aromatic N) is 5. The van der Waals surface area contributed by atoms with Crippen LogP contribution in [0.3, 0.4) is 0 Å². The number of aromatic nitrogens is 4. The maximum absolute atomic E-state index is 11.8. The molecule has 0 spiro atoms. The van der Waals surface area contributed by atoms with Gasteiger partial charge in [-0.1, -0.05) is 19.1 Å². The van der Waals surface area contributed by atoms with E-state index in [9.17, 15) is 4.79 Å². The van der Waals surface area contributed by atoms with Gasteiger partial charge in [0.25, 0.3) is 0 Å². The monoisotopic (exact) mass is 421 g/mol. The largest absolute Gasteiger partial charge is 0.380 e. The fourth-order valence-corrected chi connectivity index (χ4v) is 3.48. The summed E-state index contributed by atoms with van der Waals surface area (Å²) in [5.74, 6) is 0.498. The molecule has 9 nitrogen and oxygen atoms in total. The van der Waals surface area contributed by atoms with Crippen molar-refractivity contribution in [2.75, 3.05) is 36.5 Å². The minimum absolute atomic E-state index is 0.0617. The number of benzene rings is 1. The molecule has 0 radical (unpaired) electrons. The number of hydrogen-bond acceptors (Lipinski definition) is 6. The zero-order valence-corrected chi connectivity index (χ0v) is 17.8. The summed E-state index contributed by atoms with van der Waals surface area (Å²) >= 11 is 0. The summed E-state index contributed by atoms with van der Waals surface area (Å²) in [6, 6.07) is 9.79. The minimum Gasteiger partial charge on any atom is -0.380 e. The summed E-state index contributed by atoms with van der Waals surface area (Å²) < 4.78 is 7.46. The minimum atomic E-state index is -0.0617. The Hall–Kier alpha value is -3.46. The van der Waals surface area contributed by atoms with Crippen LogP contribution < -0.4 is 15.5 Å². The number of rotatable bonds is 9. The van der Waals surface area contributed by atoms with E-state index in [-0.39, 0.29) is 12.1 Å². The van der Waals surface area contributed by atoms with Crippen molar-refractivity contribution in [1.82, 2.24) is 25.1 Å². The highest BCUT2D eigenvalue weighted by atomic mass is 16.5. The maximum Gasteiger partial charge on any atom is 0.321 e. The first-order chi connectivity index (χ1) is 15.2. The summed E-state index contributed by atoms with van der Waals surface area (Å²) in [5, 5.41) is 10.5. The highest BCUT2D eigenvalue weighted by Crippen LogP contribution is 2.24. The van der Waals surface area contributed by atoms with Crippen molar-refractivity contribution in [2.45, 2.75) is 26.3 Å². The Morgan fingerprint density at radius 2 is 2.06 bits per heavy atom. The molecule has 1 atom stereocenters. The summed E-state index contributed by atoms with van der Waals surface area (Å²) in [4.78, 5) is 22.5. The molecule has 2 N–H and O–H groups in total. The van der Waals surface area contributed by atoms with Crippen molar-refractivity contribution in [3.63, 3.8) is 0 Å². The molecule has 0 saturated carbocycles. The molecule has 162 valence electrons. The molecule has 1 aliphatic heterocycles. The Morgan fingerprint density at radius 3 is 2.77 bits per heavy atom. The van der Waals surface area contributed by atoms with E-state index in [0.717, 1.165) is 29.1 Å². The molecule has 2 aromatic heterocycles. The normalized spacial score (nSPS) is 14.5. The number of amides is 2. The van der Waals surface area contributed by atoms with Crippen molar-refractivity contribution in [3.05, 3.63) is 48.9 Å². The Bertz CT molecular complexity index is 1020. The highest BCUT2D eigenvalue weighted by Gasteiger charge is 2.20. The molecule has 1 aliphatic rings. The van der Waals surface area contributed by atoms with Gasteiger partial charge in [0, 0.05) is 43.3 Å². The predicted molar refractivity (Wildman–Crippen MR) is 120 cm³/mol. The Labute approximate surface area is 181 Å². The van der Waals surface area contributed by atoms with Gasteiger partial charge in [-0.2, -0.15) is 5.10 Å². The fraction of sp³-hybridized carbons (Fsp3) is 0.364. The molecule has 1 fully saturated rings. The van der Waals surface area contributed by atoms with E-state index in [2.05, 4.69) is 32.6 Å². The molecule has 3 aromatic rings. The van der Waals surface area contributed by atoms with Crippen molar-refractivity contribution >= 4 is 23.4 Å². The van der Waals surface area contributed by atoms with Gasteiger partial charge in [0.2, 0.25) is 5.95 Å². The molecule has 31 heavy (non-hydrogen) atoms. The standard InChI is InChI=1S/C22H27N7O2/c1-3-18(15-31-4-2)29-14-17(13-25-29)26-21-23-10-9-20(27-21)16-5-7-19(8-6-16)28-12-11-24-22(28)30/h5-10,13-14,18H,3-4,11-12,15H2,1-2H3,(H,24,30)(H,23,26,27). The molecular formula is C22H27N7O2. The lowest BCUT2D eigenvalue weighted by molar-refractivity contribution is 0.107. The van der Waals surface area contributed by atoms with Gasteiger partial charge < -0.3 is 15.4 Å². The number of ether oxygens (including phenoxy) is 1. The van der Waals surface area contributed by atoms with E-state index in [1.165, 1.54) is 0 Å². The molecule has 1 aromatic carbocycles. The van der Waals surface area contributed by atoms with Crippen molar-refractivity contribution in [3.8, 4) is 11.3 Å². The van der Waals surface area contributed by atoms with Crippen LogP contribution in [0.1, 0.15) is 26.3 Å². The van der Waals surface area contributed by atoms with Crippen LogP contribution in [0.15, 0.2) is 48.9 Å². The number of hydrogen-bond donors (Lipinski definition) is 2. The first-order valence-electron chi connectivity index (χ1n) is 10.6. The van der Waals surface area contributed by atoms with Crippen LogP contribution in [0, 0.1) is 0 Å². The first kappa shape index (κ1) is 20.8. The van der Waals surface area contributed by atoms with Gasteiger partial charge in [0.15, 0.2) is 0 Å². The van der Waals surface area contributed by atoms with E-state index < -0.39 is 0 Å². The molecule has 1 saturated heterocycles. The Kier molecular flexibility index (Phi) is 6.42. The van der Waals surface area contributed by atoms with Crippen molar-refractivity contribution in [2.24, 2.45) is 0 Å². The third-order valence-corrected chi connectivity index (χ3v) is 5.20. The lowest BCUT2D eigenvalue weighted by Crippen LogP contribution is -2.27. The van der Waals surface area contributed by atoms with E-state index in [0.29, 0.717) is 32.3 Å². The second-order valence-corrected chi connectivity index (χ2v) is 7.25. The van der Waals surface area contributed by atoms with E-state index in [4.69, 9.17) is 4.74 Å². The second kappa shape index (κ2) is 9.57. The van der Waals surface area contributed by atoms with Crippen LogP contribution in [0.5, 0.6) is 0 Å². The SMILES string of the molecule is CCOCC(CC)n1cc(Nc2nccc(-c3ccc(N4CCNC4=O)cc3)n2)cn1. The maximum atomic E-state index is 11.8. The first-order valence-corrected chi connectivity index (χ1v) is 10.6. The van der Waals surface area contributed by atoms with Gasteiger partial charge in [-0.05, 0) is 31.5 Å². The molecule has 4 rings (SSSR count). The molecule has 1 unspecified atom stereocenters. The smallest absolute Gasteiger partial charge is 0.321 e. The molecule has 0 bridgehead atoms. The van der Waals surface area contributed by atoms with Crippen LogP contribution in [-0.2, 0) is 4.74 Å². The number of carbonyl (C=O) groups excluding carboxylic acids is 1. The quantitative estimate of drug-likeness (QED) is 0.548. The predicted octanol–water partition coefficient (Wildman–Crippen LogP) is 3.60. The topological polar surface area (TPSA) is 97.2 Å². The van der Waals surface area contributed by atoms with Crippen molar-refractivity contribution < 1.29 is 9.53 Å². The molecule has 9 heteroatoms. The lowest BCUT2D eigenvalue weighted by Gasteiger charge is -2.15. The van der Waals surface area contributed by atoms with Crippen LogP contribution in [0.4, 0.5) is 22.1 Å². The van der Waals surface area contributed by atoms with Crippen molar-refractivity contribution in [1.29, 1.82) is 0 Å². The van der Waals surface area contributed by atoms with Crippen LogP contribution in [0.2, 0.25) is 0 Å². The average molecular weight is 422 g/mol. The Balaban J connectivity index is 1.46. The fourth-order valence-electron chi connectivity index (χ4n) is 3.48. The summed E-state index contributed by atoms with van der Waals surface area (Å²) in [5.41, 5.74) is 3.44. The van der Waals surface area contributed by atoms with Crippen LogP contribution >= 0.6 is 0 Å². The Morgan fingerprint density at radius 1 is 1.23 bits per heavy atom. The third-order valence-electron chi connectivity index (χ3n) is 5.20. The number of carbonyl (C=O) groups is 1. The number of anilines is 3.